The van der Waals surface area contributed by atoms with Crippen LogP contribution in [-0.4, -0.2) is 75.9 Å². The summed E-state index contributed by atoms with van der Waals surface area (Å²) in [7, 11) is 0. The van der Waals surface area contributed by atoms with E-state index in [2.05, 4.69) is 15.2 Å². The van der Waals surface area contributed by atoms with Gasteiger partial charge in [-0.05, 0) is 19.8 Å². The monoisotopic (exact) mass is 419 g/mol. The molecular weight excluding hydrogens is 390 g/mol. The van der Waals surface area contributed by atoms with E-state index in [9.17, 15) is 14.4 Å². The van der Waals surface area contributed by atoms with E-state index in [1.54, 1.807) is 0 Å². The molecule has 1 saturated carbocycles. The Labute approximate surface area is 175 Å². The first-order valence-electron chi connectivity index (χ1n) is 10.5. The molecule has 3 fully saturated rings. The van der Waals surface area contributed by atoms with Crippen LogP contribution in [0.1, 0.15) is 49.2 Å². The minimum atomic E-state index is -0.683. The predicted molar refractivity (Wildman–Crippen MR) is 109 cm³/mol. The van der Waals surface area contributed by atoms with Gasteiger partial charge in [-0.25, -0.2) is 14.7 Å². The van der Waals surface area contributed by atoms with Gasteiger partial charge >= 0.3 is 6.03 Å². The number of nitrogens with one attached hydrogen (secondary N) is 1. The molecule has 0 unspecified atom stereocenters. The van der Waals surface area contributed by atoms with Gasteiger partial charge in [-0.2, -0.15) is 0 Å². The molecule has 9 heteroatoms. The van der Waals surface area contributed by atoms with Crippen molar-refractivity contribution in [3.63, 3.8) is 0 Å². The normalized spacial score (nSPS) is 22.8. The van der Waals surface area contributed by atoms with Gasteiger partial charge in [0, 0.05) is 37.3 Å². The lowest BCUT2D eigenvalue weighted by Gasteiger charge is -2.36. The fraction of sp³-hybridized carbons (Fsp3) is 0.700. The van der Waals surface area contributed by atoms with Gasteiger partial charge in [0.05, 0.1) is 13.1 Å². The van der Waals surface area contributed by atoms with Gasteiger partial charge in [0.1, 0.15) is 10.5 Å². The Balaban J connectivity index is 1.29. The fourth-order valence-electron chi connectivity index (χ4n) is 4.54. The minimum absolute atomic E-state index is 0.0676. The molecule has 2 aliphatic heterocycles. The summed E-state index contributed by atoms with van der Waals surface area (Å²) in [6.07, 6.45) is 6.05. The first-order valence-corrected chi connectivity index (χ1v) is 11.4. The second-order valence-electron chi connectivity index (χ2n) is 8.36. The smallest absolute Gasteiger partial charge is 0.326 e. The van der Waals surface area contributed by atoms with Gasteiger partial charge < -0.3 is 10.2 Å². The largest absolute Gasteiger partial charge is 0.340 e. The highest BCUT2D eigenvalue weighted by Gasteiger charge is 2.51. The Morgan fingerprint density at radius 3 is 2.45 bits per heavy atom. The lowest BCUT2D eigenvalue weighted by Crippen LogP contribution is -2.53. The molecule has 29 heavy (non-hydrogen) atoms. The highest BCUT2D eigenvalue weighted by Crippen LogP contribution is 2.32. The summed E-state index contributed by atoms with van der Waals surface area (Å²) in [6, 6.07) is -0.269. The van der Waals surface area contributed by atoms with Crippen molar-refractivity contribution < 1.29 is 14.4 Å². The quantitative estimate of drug-likeness (QED) is 0.752. The summed E-state index contributed by atoms with van der Waals surface area (Å²) in [4.78, 5) is 47.8. The fourth-order valence-corrected chi connectivity index (χ4v) is 5.30. The molecule has 3 aliphatic rings. The van der Waals surface area contributed by atoms with Crippen LogP contribution in [0.3, 0.4) is 0 Å². The molecule has 1 aromatic heterocycles. The van der Waals surface area contributed by atoms with Crippen molar-refractivity contribution in [2.45, 2.75) is 57.4 Å². The van der Waals surface area contributed by atoms with E-state index in [0.717, 1.165) is 49.2 Å². The lowest BCUT2D eigenvalue weighted by molar-refractivity contribution is -0.136. The number of carbonyl (C=O) groups excluding carboxylic acids is 3. The van der Waals surface area contributed by atoms with Crippen molar-refractivity contribution in [3.8, 4) is 0 Å². The van der Waals surface area contributed by atoms with Crippen molar-refractivity contribution in [2.75, 3.05) is 32.8 Å². The van der Waals surface area contributed by atoms with Crippen molar-refractivity contribution in [1.82, 2.24) is 25.0 Å². The van der Waals surface area contributed by atoms with Gasteiger partial charge in [-0.3, -0.25) is 14.5 Å². The topological polar surface area (TPSA) is 85.9 Å². The minimum Gasteiger partial charge on any atom is -0.340 e. The molecule has 1 spiro atoms. The maximum Gasteiger partial charge on any atom is 0.326 e. The van der Waals surface area contributed by atoms with Crippen molar-refractivity contribution in [1.29, 1.82) is 0 Å². The molecule has 1 aromatic rings. The second-order valence-corrected chi connectivity index (χ2v) is 9.30. The summed E-state index contributed by atoms with van der Waals surface area (Å²) in [5.41, 5.74) is 0.264. The molecule has 2 saturated heterocycles. The van der Waals surface area contributed by atoms with Crippen LogP contribution in [0.2, 0.25) is 0 Å². The summed E-state index contributed by atoms with van der Waals surface area (Å²) in [6.45, 7) is 4.77. The van der Waals surface area contributed by atoms with Gasteiger partial charge in [-0.1, -0.05) is 25.7 Å². The molecule has 8 nitrogen and oxygen atoms in total. The number of aryl methyl sites for hydroxylation is 1. The second kappa shape index (κ2) is 8.39. The maximum absolute atomic E-state index is 13.0. The molecule has 1 aliphatic carbocycles. The van der Waals surface area contributed by atoms with Crippen LogP contribution < -0.4 is 5.32 Å². The van der Waals surface area contributed by atoms with Crippen molar-refractivity contribution in [2.24, 2.45) is 0 Å². The van der Waals surface area contributed by atoms with Crippen molar-refractivity contribution in [3.05, 3.63) is 16.1 Å². The number of nitrogens with zero attached hydrogens (tertiary/aromatic N) is 4. The highest BCUT2D eigenvalue weighted by atomic mass is 32.1. The summed E-state index contributed by atoms with van der Waals surface area (Å²) < 4.78 is 0. The van der Waals surface area contributed by atoms with Crippen LogP contribution in [0.25, 0.3) is 0 Å². The molecule has 1 N–H and O–H groups in total. The van der Waals surface area contributed by atoms with E-state index in [-0.39, 0.29) is 17.8 Å². The first kappa shape index (κ1) is 20.3. The van der Waals surface area contributed by atoms with Crippen LogP contribution in [0.15, 0.2) is 5.38 Å². The third kappa shape index (κ3) is 4.30. The lowest BCUT2D eigenvalue weighted by atomic mass is 9.90. The van der Waals surface area contributed by atoms with Crippen LogP contribution in [0.4, 0.5) is 4.79 Å². The number of urea groups is 1. The van der Waals surface area contributed by atoms with Gasteiger partial charge in [-0.15, -0.1) is 11.3 Å². The number of aromatic nitrogens is 1. The zero-order valence-electron chi connectivity index (χ0n) is 17.0. The molecule has 4 rings (SSSR count). The number of hydrogen-bond donors (Lipinski definition) is 1. The average molecular weight is 420 g/mol. The van der Waals surface area contributed by atoms with E-state index in [1.165, 1.54) is 16.2 Å². The first-order chi connectivity index (χ1) is 14.0. The van der Waals surface area contributed by atoms with E-state index < -0.39 is 5.54 Å². The van der Waals surface area contributed by atoms with Crippen molar-refractivity contribution >= 4 is 29.2 Å². The van der Waals surface area contributed by atoms with E-state index in [1.807, 2.05) is 17.2 Å². The maximum atomic E-state index is 13.0. The standard InChI is InChI=1S/C20H29N5O3S/c1-15-13-29-16(21-15)12-17(26)24-10-8-23(9-11-24)14-25-18(27)20(22-19(25)28)6-4-2-3-5-7-20/h13H,2-12,14H2,1H3,(H,22,28). The van der Waals surface area contributed by atoms with E-state index in [0.29, 0.717) is 39.3 Å². The zero-order chi connectivity index (χ0) is 20.4. The number of thiazole rings is 1. The number of rotatable bonds is 4. The third-order valence-electron chi connectivity index (χ3n) is 6.24. The van der Waals surface area contributed by atoms with Crippen LogP contribution >= 0.6 is 11.3 Å². The molecule has 0 aromatic carbocycles. The summed E-state index contributed by atoms with van der Waals surface area (Å²) in [5.74, 6) is 0.0217. The predicted octanol–water partition coefficient (Wildman–Crippen LogP) is 1.74. The summed E-state index contributed by atoms with van der Waals surface area (Å²) in [5, 5.41) is 5.80. The number of imide groups is 1. The molecule has 0 radical (unpaired) electrons. The van der Waals surface area contributed by atoms with Gasteiger partial charge in [0.15, 0.2) is 0 Å². The number of amides is 4. The molecular formula is C20H29N5O3S. The average Bonchev–Trinajstić information content (AvgIpc) is 3.09. The third-order valence-corrected chi connectivity index (χ3v) is 7.21. The van der Waals surface area contributed by atoms with Crippen LogP contribution in [-0.2, 0) is 16.0 Å². The number of carbonyl (C=O) groups is 3. The van der Waals surface area contributed by atoms with Gasteiger partial charge in [0.2, 0.25) is 5.91 Å². The zero-order valence-corrected chi connectivity index (χ0v) is 17.8. The van der Waals surface area contributed by atoms with Gasteiger partial charge in [0.25, 0.3) is 5.91 Å². The Bertz CT molecular complexity index is 779. The van der Waals surface area contributed by atoms with Crippen LogP contribution in [0, 0.1) is 6.92 Å². The number of piperazine rings is 1. The Kier molecular flexibility index (Phi) is 5.87. The molecule has 0 bridgehead atoms. The number of hydrogen-bond acceptors (Lipinski definition) is 6. The summed E-state index contributed by atoms with van der Waals surface area (Å²) >= 11 is 1.52. The van der Waals surface area contributed by atoms with Crippen LogP contribution in [0.5, 0.6) is 0 Å². The molecule has 4 amide bonds. The van der Waals surface area contributed by atoms with E-state index >= 15 is 0 Å². The Morgan fingerprint density at radius 2 is 1.83 bits per heavy atom. The molecule has 3 heterocycles. The SMILES string of the molecule is Cc1csc(CC(=O)N2CCN(CN3C(=O)NC4(CCCCCC4)C3=O)CC2)n1. The Morgan fingerprint density at radius 1 is 1.14 bits per heavy atom. The van der Waals surface area contributed by atoms with E-state index in [4.69, 9.17) is 0 Å². The highest BCUT2D eigenvalue weighted by molar-refractivity contribution is 7.09. The Hall–Kier alpha value is -2.00. The molecule has 0 atom stereocenters. The molecule has 158 valence electrons.